The lowest BCUT2D eigenvalue weighted by Gasteiger charge is -2.29. The van der Waals surface area contributed by atoms with E-state index in [2.05, 4.69) is 40.8 Å². The van der Waals surface area contributed by atoms with Crippen LogP contribution in [0.25, 0.3) is 5.70 Å². The molecule has 0 bridgehead atoms. The van der Waals surface area contributed by atoms with Crippen LogP contribution in [0.1, 0.15) is 54.2 Å². The van der Waals surface area contributed by atoms with Gasteiger partial charge in [-0.3, -0.25) is 9.59 Å². The van der Waals surface area contributed by atoms with Crippen molar-refractivity contribution in [2.24, 2.45) is 10.8 Å². The zero-order valence-corrected chi connectivity index (χ0v) is 21.8. The van der Waals surface area contributed by atoms with Crippen molar-refractivity contribution < 1.29 is 9.59 Å². The van der Waals surface area contributed by atoms with E-state index in [0.29, 0.717) is 16.8 Å². The SMILES string of the molecule is C=NN(C1=C(C)CCc2ccc(NC(=O)c3cccnc3Cl)cc21)c1ccc(C#N)cc1.CC.NC=O. The summed E-state index contributed by atoms with van der Waals surface area (Å²) in [7, 11) is 0. The lowest BCUT2D eigenvalue weighted by atomic mass is 9.89. The minimum absolute atomic E-state index is 0.155. The number of primary amides is 1. The molecule has 1 aliphatic carbocycles. The van der Waals surface area contributed by atoms with E-state index in [9.17, 15) is 4.79 Å². The topological polar surface area (TPSA) is 124 Å². The summed E-state index contributed by atoms with van der Waals surface area (Å²) >= 11 is 6.07. The molecule has 2 amide bonds. The Morgan fingerprint density at radius 1 is 1.22 bits per heavy atom. The maximum Gasteiger partial charge on any atom is 0.258 e. The van der Waals surface area contributed by atoms with Crippen molar-refractivity contribution >= 4 is 47.7 Å². The minimum Gasteiger partial charge on any atom is -0.372 e. The zero-order chi connectivity index (χ0) is 27.4. The van der Waals surface area contributed by atoms with Crippen LogP contribution in [-0.2, 0) is 11.2 Å². The van der Waals surface area contributed by atoms with Crippen LogP contribution >= 0.6 is 11.6 Å². The van der Waals surface area contributed by atoms with Gasteiger partial charge in [-0.25, -0.2) is 9.99 Å². The number of nitrogens with one attached hydrogen (secondary N) is 1. The molecule has 1 heterocycles. The van der Waals surface area contributed by atoms with Gasteiger partial charge in [0.2, 0.25) is 6.41 Å². The molecular weight excluding hydrogens is 488 g/mol. The van der Waals surface area contributed by atoms with E-state index in [1.807, 2.05) is 44.2 Å². The number of aromatic nitrogens is 1. The largest absolute Gasteiger partial charge is 0.372 e. The number of halogens is 1. The Kier molecular flexibility index (Phi) is 11.0. The van der Waals surface area contributed by atoms with Gasteiger partial charge >= 0.3 is 0 Å². The number of nitriles is 1. The Morgan fingerprint density at radius 3 is 2.49 bits per heavy atom. The quantitative estimate of drug-likeness (QED) is 0.192. The highest BCUT2D eigenvalue weighted by Crippen LogP contribution is 2.38. The summed E-state index contributed by atoms with van der Waals surface area (Å²) in [5.74, 6) is -0.327. The molecule has 37 heavy (non-hydrogen) atoms. The number of amides is 2. The maximum absolute atomic E-state index is 12.7. The lowest BCUT2D eigenvalue weighted by molar-refractivity contribution is -0.106. The molecule has 190 valence electrons. The van der Waals surface area contributed by atoms with E-state index in [1.165, 1.54) is 6.20 Å². The van der Waals surface area contributed by atoms with E-state index < -0.39 is 0 Å². The van der Waals surface area contributed by atoms with Gasteiger partial charge < -0.3 is 11.1 Å². The minimum atomic E-state index is -0.327. The van der Waals surface area contributed by atoms with Crippen LogP contribution in [0.15, 0.2) is 71.5 Å². The predicted octanol–water partition coefficient (Wildman–Crippen LogP) is 5.79. The van der Waals surface area contributed by atoms with Crippen LogP contribution < -0.4 is 16.1 Å². The molecule has 4 rings (SSSR count). The van der Waals surface area contributed by atoms with Crippen molar-refractivity contribution in [1.29, 1.82) is 5.26 Å². The molecule has 0 fully saturated rings. The number of nitrogens with zero attached hydrogens (tertiary/aromatic N) is 4. The number of fused-ring (bicyclic) bond motifs is 1. The van der Waals surface area contributed by atoms with E-state index in [0.717, 1.165) is 40.9 Å². The number of rotatable bonds is 5. The van der Waals surface area contributed by atoms with Gasteiger partial charge in [0.25, 0.3) is 5.91 Å². The second-order valence-electron chi connectivity index (χ2n) is 7.54. The first-order valence-electron chi connectivity index (χ1n) is 11.6. The van der Waals surface area contributed by atoms with Crippen molar-refractivity contribution in [3.8, 4) is 6.07 Å². The highest BCUT2D eigenvalue weighted by Gasteiger charge is 2.23. The Bertz CT molecular complexity index is 1330. The van der Waals surface area contributed by atoms with Crippen LogP contribution in [0.4, 0.5) is 11.4 Å². The van der Waals surface area contributed by atoms with Gasteiger partial charge in [0.15, 0.2) is 0 Å². The van der Waals surface area contributed by atoms with E-state index in [-0.39, 0.29) is 17.5 Å². The Balaban J connectivity index is 0.000000898. The number of pyridine rings is 1. The third-order valence-corrected chi connectivity index (χ3v) is 5.70. The molecule has 1 aliphatic rings. The van der Waals surface area contributed by atoms with E-state index >= 15 is 0 Å². The van der Waals surface area contributed by atoms with Gasteiger partial charge in [-0.15, -0.1) is 0 Å². The first-order valence-corrected chi connectivity index (χ1v) is 12.0. The number of carbonyl (C=O) groups is 2. The smallest absolute Gasteiger partial charge is 0.258 e. The second-order valence-corrected chi connectivity index (χ2v) is 7.90. The van der Waals surface area contributed by atoms with Crippen LogP contribution in [0, 0.1) is 11.3 Å². The molecule has 9 heteroatoms. The van der Waals surface area contributed by atoms with Gasteiger partial charge in [-0.2, -0.15) is 10.4 Å². The summed E-state index contributed by atoms with van der Waals surface area (Å²) in [6, 6.07) is 18.5. The first kappa shape index (κ1) is 28.8. The van der Waals surface area contributed by atoms with Gasteiger partial charge in [0.1, 0.15) is 5.15 Å². The molecule has 3 aromatic rings. The fourth-order valence-electron chi connectivity index (χ4n) is 3.77. The highest BCUT2D eigenvalue weighted by molar-refractivity contribution is 6.33. The number of nitrogens with two attached hydrogens (primary N) is 1. The molecule has 0 unspecified atom stereocenters. The summed E-state index contributed by atoms with van der Waals surface area (Å²) < 4.78 is 0. The lowest BCUT2D eigenvalue weighted by Crippen LogP contribution is -2.20. The fraction of sp³-hybridized carbons (Fsp3) is 0.179. The molecule has 1 aromatic heterocycles. The van der Waals surface area contributed by atoms with Crippen LogP contribution in [-0.4, -0.2) is 24.0 Å². The molecule has 2 aromatic carbocycles. The first-order chi connectivity index (χ1) is 17.9. The Hall–Kier alpha value is -4.48. The Morgan fingerprint density at radius 2 is 1.89 bits per heavy atom. The predicted molar refractivity (Wildman–Crippen MR) is 149 cm³/mol. The van der Waals surface area contributed by atoms with Gasteiger partial charge in [0.05, 0.1) is 28.6 Å². The van der Waals surface area contributed by atoms with Crippen LogP contribution in [0.3, 0.4) is 0 Å². The molecule has 0 radical (unpaired) electrons. The normalized spacial score (nSPS) is 11.3. The standard InChI is InChI=1S/C25H20ClN5O.C2H6.CH3NO/c1-16-5-8-18-9-10-19(30-25(32)21-4-3-13-29-24(21)26)14-22(18)23(16)31(28-2)20-11-6-17(15-27)7-12-20;1-2;2-1-3/h3-4,6-7,9-14H,2,5,8H2,1H3,(H,30,32);1-2H3;1H,(H2,2,3). The van der Waals surface area contributed by atoms with Crippen molar-refractivity contribution in [2.45, 2.75) is 33.6 Å². The zero-order valence-electron chi connectivity index (χ0n) is 21.0. The van der Waals surface area contributed by atoms with Crippen molar-refractivity contribution in [3.63, 3.8) is 0 Å². The number of hydrogen-bond acceptors (Lipinski definition) is 6. The second kappa shape index (κ2) is 14.2. The molecule has 0 aliphatic heterocycles. The third kappa shape index (κ3) is 7.03. The van der Waals surface area contributed by atoms with Gasteiger partial charge in [0, 0.05) is 24.2 Å². The molecule has 0 spiro atoms. The average molecular weight is 517 g/mol. The molecule has 0 saturated carbocycles. The molecular formula is C28H29ClN6O2. The fourth-order valence-corrected chi connectivity index (χ4v) is 3.98. The number of benzene rings is 2. The van der Waals surface area contributed by atoms with Crippen molar-refractivity contribution in [2.75, 3.05) is 10.3 Å². The summed E-state index contributed by atoms with van der Waals surface area (Å²) in [5.41, 5.74) is 10.7. The molecule has 0 atom stereocenters. The molecule has 3 N–H and O–H groups in total. The van der Waals surface area contributed by atoms with Crippen molar-refractivity contribution in [1.82, 2.24) is 4.98 Å². The number of aryl methyl sites for hydroxylation is 1. The summed E-state index contributed by atoms with van der Waals surface area (Å²) in [6.07, 6.45) is 3.57. The van der Waals surface area contributed by atoms with E-state index in [1.54, 1.807) is 29.3 Å². The average Bonchev–Trinajstić information content (AvgIpc) is 2.92. The summed E-state index contributed by atoms with van der Waals surface area (Å²) in [5, 5.41) is 18.2. The maximum atomic E-state index is 12.7. The number of hydrazone groups is 1. The monoisotopic (exact) mass is 516 g/mol. The Labute approximate surface area is 222 Å². The number of hydrogen-bond donors (Lipinski definition) is 2. The number of allylic oxidation sites excluding steroid dienone is 1. The van der Waals surface area contributed by atoms with Crippen LogP contribution in [0.5, 0.6) is 0 Å². The third-order valence-electron chi connectivity index (χ3n) is 5.39. The summed E-state index contributed by atoms with van der Waals surface area (Å²) in [4.78, 5) is 25.3. The number of anilines is 2. The van der Waals surface area contributed by atoms with Gasteiger partial charge in [-0.05, 0) is 79.4 Å². The highest BCUT2D eigenvalue weighted by atomic mass is 35.5. The number of carbonyl (C=O) groups excluding carboxylic acids is 2. The molecule has 8 nitrogen and oxygen atoms in total. The molecule has 0 saturated heterocycles. The van der Waals surface area contributed by atoms with Crippen molar-refractivity contribution in [3.05, 3.63) is 93.8 Å². The van der Waals surface area contributed by atoms with Gasteiger partial charge in [-0.1, -0.05) is 31.5 Å². The summed E-state index contributed by atoms with van der Waals surface area (Å²) in [6.45, 7) is 9.84. The van der Waals surface area contributed by atoms with Crippen LogP contribution in [0.2, 0.25) is 5.15 Å². The van der Waals surface area contributed by atoms with E-state index in [4.69, 9.17) is 21.7 Å².